The first kappa shape index (κ1) is 23.7. The fraction of sp³-hybridized carbons (Fsp3) is 0.304. The Bertz CT molecular complexity index is 1150. The number of hydrogen-bond donors (Lipinski definition) is 2. The van der Waals surface area contributed by atoms with Gasteiger partial charge in [-0.15, -0.1) is 24.0 Å². The van der Waals surface area contributed by atoms with Crippen molar-refractivity contribution >= 4 is 41.0 Å². The van der Waals surface area contributed by atoms with Crippen molar-refractivity contribution in [2.75, 3.05) is 13.6 Å². The topological polar surface area (TPSA) is 85.0 Å². The van der Waals surface area contributed by atoms with Gasteiger partial charge in [-0.05, 0) is 36.6 Å². The van der Waals surface area contributed by atoms with E-state index in [1.54, 1.807) is 19.7 Å². The van der Waals surface area contributed by atoms with Crippen molar-refractivity contribution in [2.45, 2.75) is 33.0 Å². The Morgan fingerprint density at radius 2 is 1.91 bits per heavy atom. The van der Waals surface area contributed by atoms with Gasteiger partial charge in [0.1, 0.15) is 18.5 Å². The molecule has 32 heavy (non-hydrogen) atoms. The molecule has 2 aromatic carbocycles. The number of benzene rings is 2. The van der Waals surface area contributed by atoms with Crippen LogP contribution in [0.4, 0.5) is 0 Å². The van der Waals surface area contributed by atoms with Crippen LogP contribution in [0, 0.1) is 6.92 Å². The molecular weight excluding hydrogens is 515 g/mol. The highest BCUT2D eigenvalue weighted by Gasteiger charge is 2.06. The molecule has 4 rings (SSSR count). The maximum Gasteiger partial charge on any atom is 0.191 e. The molecule has 4 aromatic rings. The van der Waals surface area contributed by atoms with Gasteiger partial charge in [-0.1, -0.05) is 36.4 Å². The Morgan fingerprint density at radius 1 is 1.06 bits per heavy atom. The highest BCUT2D eigenvalue weighted by atomic mass is 127. The first-order valence-electron chi connectivity index (χ1n) is 10.5. The average Bonchev–Trinajstić information content (AvgIpc) is 3.40. The van der Waals surface area contributed by atoms with Gasteiger partial charge in [-0.2, -0.15) is 5.10 Å². The fourth-order valence-corrected chi connectivity index (χ4v) is 3.67. The summed E-state index contributed by atoms with van der Waals surface area (Å²) in [5.41, 5.74) is 4.63. The van der Waals surface area contributed by atoms with E-state index in [0.717, 1.165) is 36.8 Å². The minimum atomic E-state index is 0. The number of fused-ring (bicyclic) bond motifs is 1. The van der Waals surface area contributed by atoms with Crippen LogP contribution in [0.1, 0.15) is 23.4 Å². The van der Waals surface area contributed by atoms with Crippen molar-refractivity contribution in [3.63, 3.8) is 0 Å². The zero-order chi connectivity index (χ0) is 21.5. The van der Waals surface area contributed by atoms with E-state index in [0.29, 0.717) is 13.1 Å². The van der Waals surface area contributed by atoms with Crippen LogP contribution < -0.4 is 10.6 Å². The van der Waals surface area contributed by atoms with Gasteiger partial charge in [-0.25, -0.2) is 14.6 Å². The molecule has 0 saturated carbocycles. The second-order valence-corrected chi connectivity index (χ2v) is 7.42. The average molecular weight is 544 g/mol. The molecule has 9 heteroatoms. The highest BCUT2D eigenvalue weighted by Crippen LogP contribution is 2.15. The van der Waals surface area contributed by atoms with Crippen LogP contribution in [0.3, 0.4) is 0 Å². The van der Waals surface area contributed by atoms with Gasteiger partial charge in [0.05, 0.1) is 17.6 Å². The van der Waals surface area contributed by atoms with E-state index in [1.165, 1.54) is 16.6 Å². The minimum absolute atomic E-state index is 0. The molecule has 168 valence electrons. The number of aryl methyl sites for hydroxylation is 2. The van der Waals surface area contributed by atoms with Crippen LogP contribution in [0.2, 0.25) is 0 Å². The van der Waals surface area contributed by atoms with Crippen LogP contribution >= 0.6 is 24.0 Å². The van der Waals surface area contributed by atoms with Crippen molar-refractivity contribution < 1.29 is 0 Å². The first-order valence-corrected chi connectivity index (χ1v) is 10.5. The lowest BCUT2D eigenvalue weighted by molar-refractivity contribution is 0.624. The third-order valence-corrected chi connectivity index (χ3v) is 5.18. The molecular formula is C23H29IN8. The van der Waals surface area contributed by atoms with E-state index in [4.69, 9.17) is 0 Å². The summed E-state index contributed by atoms with van der Waals surface area (Å²) in [7, 11) is 1.80. The lowest BCUT2D eigenvalue weighted by Crippen LogP contribution is -2.37. The molecule has 2 heterocycles. The molecule has 0 saturated heterocycles. The molecule has 0 radical (unpaired) electrons. The minimum Gasteiger partial charge on any atom is -0.356 e. The number of guanidine groups is 1. The van der Waals surface area contributed by atoms with Gasteiger partial charge in [-0.3, -0.25) is 4.99 Å². The monoisotopic (exact) mass is 544 g/mol. The maximum atomic E-state index is 4.63. The third kappa shape index (κ3) is 6.06. The number of halogens is 1. The van der Waals surface area contributed by atoms with Crippen molar-refractivity contribution in [3.8, 4) is 0 Å². The summed E-state index contributed by atoms with van der Waals surface area (Å²) < 4.78 is 4.09. The zero-order valence-electron chi connectivity index (χ0n) is 18.4. The Balaban J connectivity index is 0.00000289. The number of imidazole rings is 1. The van der Waals surface area contributed by atoms with E-state index < -0.39 is 0 Å². The normalized spacial score (nSPS) is 11.4. The fourth-order valence-electron chi connectivity index (χ4n) is 3.67. The van der Waals surface area contributed by atoms with Gasteiger partial charge < -0.3 is 15.2 Å². The molecule has 2 aromatic heterocycles. The third-order valence-electron chi connectivity index (χ3n) is 5.18. The summed E-state index contributed by atoms with van der Waals surface area (Å²) in [5.74, 6) is 1.85. The molecule has 0 aliphatic carbocycles. The number of aliphatic imine (C=N–C) groups is 1. The van der Waals surface area contributed by atoms with Crippen molar-refractivity contribution in [1.82, 2.24) is 34.9 Å². The predicted molar refractivity (Wildman–Crippen MR) is 138 cm³/mol. The summed E-state index contributed by atoms with van der Waals surface area (Å²) in [6.45, 7) is 5.23. The van der Waals surface area contributed by atoms with Gasteiger partial charge in [0.25, 0.3) is 0 Å². The summed E-state index contributed by atoms with van der Waals surface area (Å²) in [4.78, 5) is 13.0. The van der Waals surface area contributed by atoms with Crippen LogP contribution in [0.25, 0.3) is 11.0 Å². The second-order valence-electron chi connectivity index (χ2n) is 7.42. The van der Waals surface area contributed by atoms with Crippen LogP contribution in [-0.4, -0.2) is 43.9 Å². The molecule has 2 N–H and O–H groups in total. The molecule has 0 fully saturated rings. The Kier molecular flexibility index (Phi) is 8.60. The number of nitrogens with zero attached hydrogens (tertiary/aromatic N) is 6. The molecule has 0 bridgehead atoms. The van der Waals surface area contributed by atoms with Crippen LogP contribution in [0.5, 0.6) is 0 Å². The van der Waals surface area contributed by atoms with Crippen molar-refractivity contribution in [1.29, 1.82) is 0 Å². The van der Waals surface area contributed by atoms with Gasteiger partial charge in [0, 0.05) is 26.7 Å². The molecule has 8 nitrogen and oxygen atoms in total. The number of aromatic nitrogens is 5. The maximum absolute atomic E-state index is 4.63. The zero-order valence-corrected chi connectivity index (χ0v) is 20.7. The largest absolute Gasteiger partial charge is 0.356 e. The summed E-state index contributed by atoms with van der Waals surface area (Å²) in [6.07, 6.45) is 4.26. The lowest BCUT2D eigenvalue weighted by atomic mass is 10.1. The summed E-state index contributed by atoms with van der Waals surface area (Å²) in [5, 5.41) is 11.0. The highest BCUT2D eigenvalue weighted by molar-refractivity contribution is 14.0. The van der Waals surface area contributed by atoms with E-state index in [1.807, 2.05) is 10.7 Å². The van der Waals surface area contributed by atoms with E-state index in [9.17, 15) is 0 Å². The van der Waals surface area contributed by atoms with Gasteiger partial charge in [0.15, 0.2) is 5.96 Å². The Morgan fingerprint density at radius 3 is 2.72 bits per heavy atom. The number of rotatable bonds is 8. The first-order chi connectivity index (χ1) is 15.2. The molecule has 0 amide bonds. The Hall–Kier alpha value is -2.95. The Labute approximate surface area is 205 Å². The molecule has 0 aliphatic heterocycles. The van der Waals surface area contributed by atoms with E-state index in [2.05, 4.69) is 84.6 Å². The van der Waals surface area contributed by atoms with Crippen LogP contribution in [0.15, 0.2) is 66.2 Å². The smallest absolute Gasteiger partial charge is 0.191 e. The predicted octanol–water partition coefficient (Wildman–Crippen LogP) is 3.36. The summed E-state index contributed by atoms with van der Waals surface area (Å²) >= 11 is 0. The molecule has 0 atom stereocenters. The van der Waals surface area contributed by atoms with Crippen molar-refractivity contribution in [3.05, 3.63) is 78.1 Å². The van der Waals surface area contributed by atoms with Gasteiger partial charge >= 0.3 is 0 Å². The lowest BCUT2D eigenvalue weighted by Gasteiger charge is -2.13. The van der Waals surface area contributed by atoms with Crippen molar-refractivity contribution in [2.24, 2.45) is 4.99 Å². The van der Waals surface area contributed by atoms with E-state index in [-0.39, 0.29) is 24.0 Å². The molecule has 0 spiro atoms. The van der Waals surface area contributed by atoms with E-state index >= 15 is 0 Å². The van der Waals surface area contributed by atoms with Gasteiger partial charge in [0.2, 0.25) is 0 Å². The SMILES string of the molecule is CN=C(NCCCn1c(C)nc2ccccc21)NCc1cccc(Cn2cncn2)c1.I. The molecule has 0 aliphatic rings. The standard InChI is InChI=1S/C23H28N8.HI/c1-18-29-21-9-3-4-10-22(21)31(18)12-6-11-26-23(24-2)27-14-19-7-5-8-20(13-19)15-30-17-25-16-28-30;/h3-5,7-10,13,16-17H,6,11-12,14-15H2,1-2H3,(H2,24,26,27);1H. The number of para-hydroxylation sites is 2. The number of hydrogen-bond acceptors (Lipinski definition) is 4. The van der Waals surface area contributed by atoms with Crippen LogP contribution in [-0.2, 0) is 19.6 Å². The number of nitrogens with one attached hydrogen (secondary N) is 2. The quantitative estimate of drug-likeness (QED) is 0.154. The molecule has 0 unspecified atom stereocenters. The summed E-state index contributed by atoms with van der Waals surface area (Å²) in [6, 6.07) is 16.7. The second kappa shape index (κ2) is 11.6.